The van der Waals surface area contributed by atoms with Gasteiger partial charge in [-0.25, -0.2) is 0 Å². The van der Waals surface area contributed by atoms with E-state index in [1.54, 1.807) is 0 Å². The lowest BCUT2D eigenvalue weighted by atomic mass is 9.98. The number of rotatable bonds is 3. The van der Waals surface area contributed by atoms with Gasteiger partial charge in [-0.3, -0.25) is 9.20 Å². The summed E-state index contributed by atoms with van der Waals surface area (Å²) in [5.74, 6) is 0. The van der Waals surface area contributed by atoms with Crippen molar-refractivity contribution in [2.24, 2.45) is 0 Å². The van der Waals surface area contributed by atoms with E-state index in [4.69, 9.17) is 0 Å². The number of pyridine rings is 1. The number of benzene rings is 8. The summed E-state index contributed by atoms with van der Waals surface area (Å²) in [6, 6.07) is 60.7. The molecule has 0 aliphatic heterocycles. The van der Waals surface area contributed by atoms with Crippen LogP contribution >= 0.6 is 11.3 Å². The van der Waals surface area contributed by atoms with Crippen molar-refractivity contribution in [2.45, 2.75) is 0 Å². The van der Waals surface area contributed by atoms with Gasteiger partial charge in [-0.15, -0.1) is 11.3 Å². The van der Waals surface area contributed by atoms with Crippen molar-refractivity contribution in [3.05, 3.63) is 180 Å². The van der Waals surface area contributed by atoms with Gasteiger partial charge in [0, 0.05) is 58.2 Å². The molecule has 0 fully saturated rings. The third kappa shape index (κ3) is 3.96. The first-order valence-electron chi connectivity index (χ1n) is 18.0. The van der Waals surface area contributed by atoms with E-state index in [0.717, 1.165) is 54.8 Å². The Morgan fingerprint density at radius 3 is 1.85 bits per heavy atom. The second-order valence-electron chi connectivity index (χ2n) is 14.0. The lowest BCUT2D eigenvalue weighted by Gasteiger charge is -2.11. The molecule has 4 heteroatoms. The highest BCUT2D eigenvalue weighted by Crippen LogP contribution is 2.42. The van der Waals surface area contributed by atoms with Crippen LogP contribution in [0, 0.1) is 0 Å². The Labute approximate surface area is 307 Å². The smallest absolute Gasteiger partial charge is 0.263 e. The molecule has 0 aliphatic rings. The number of hydrogen-bond donors (Lipinski definition) is 0. The summed E-state index contributed by atoms with van der Waals surface area (Å²) in [5.41, 5.74) is 10.2. The van der Waals surface area contributed by atoms with Crippen LogP contribution in [0.5, 0.6) is 0 Å². The fourth-order valence-electron chi connectivity index (χ4n) is 8.90. The number of hydrogen-bond acceptors (Lipinski definition) is 2. The molecule has 3 nitrogen and oxygen atoms in total. The van der Waals surface area contributed by atoms with Crippen molar-refractivity contribution >= 4 is 91.3 Å². The van der Waals surface area contributed by atoms with Crippen LogP contribution in [-0.4, -0.2) is 8.97 Å². The van der Waals surface area contributed by atoms with Gasteiger partial charge in [-0.1, -0.05) is 115 Å². The van der Waals surface area contributed by atoms with Crippen LogP contribution in [0.15, 0.2) is 175 Å². The van der Waals surface area contributed by atoms with Crippen LogP contribution in [-0.2, 0) is 0 Å². The summed E-state index contributed by atoms with van der Waals surface area (Å²) in [5, 5.41) is 10.2. The third-order valence-corrected chi connectivity index (χ3v) is 12.5. The largest absolute Gasteiger partial charge is 0.309 e. The molecule has 0 atom stereocenters. The fourth-order valence-corrected chi connectivity index (χ4v) is 10.1. The standard InChI is InChI=1S/C49H28N2OS/c52-49-40-25-21-30(27-41(40)38-14-8-13-37-34-9-1-5-17-44(34)51(49)47(37)38)29-19-23-32(24-20-29)50-43-16-4-2-10-35(43)42-28-31(22-26-45(42)50)33-12-7-15-39-36-11-3-6-18-46(36)53-48(33)39/h1-28H. The second kappa shape index (κ2) is 10.6. The molecule has 0 amide bonds. The molecule has 0 radical (unpaired) electrons. The van der Waals surface area contributed by atoms with Crippen molar-refractivity contribution in [3.63, 3.8) is 0 Å². The van der Waals surface area contributed by atoms with Crippen molar-refractivity contribution in [2.75, 3.05) is 0 Å². The van der Waals surface area contributed by atoms with Crippen molar-refractivity contribution < 1.29 is 0 Å². The summed E-state index contributed by atoms with van der Waals surface area (Å²) in [6.07, 6.45) is 0. The van der Waals surface area contributed by atoms with Gasteiger partial charge >= 0.3 is 0 Å². The molecule has 12 rings (SSSR count). The summed E-state index contributed by atoms with van der Waals surface area (Å²) in [4.78, 5) is 14.0. The van der Waals surface area contributed by atoms with Gasteiger partial charge in [0.2, 0.25) is 0 Å². The fraction of sp³-hybridized carbons (Fsp3) is 0. The molecule has 246 valence electrons. The van der Waals surface area contributed by atoms with E-state index in [-0.39, 0.29) is 5.56 Å². The highest BCUT2D eigenvalue weighted by Gasteiger charge is 2.18. The predicted octanol–water partition coefficient (Wildman–Crippen LogP) is 13.0. The highest BCUT2D eigenvalue weighted by atomic mass is 32.1. The number of para-hydroxylation sites is 3. The lowest BCUT2D eigenvalue weighted by molar-refractivity contribution is 1.18. The minimum atomic E-state index is 0.0295. The van der Waals surface area contributed by atoms with Gasteiger partial charge in [0.1, 0.15) is 0 Å². The molecule has 12 aromatic rings. The Morgan fingerprint density at radius 1 is 0.396 bits per heavy atom. The second-order valence-corrected chi connectivity index (χ2v) is 15.1. The van der Waals surface area contributed by atoms with E-state index in [9.17, 15) is 4.79 Å². The van der Waals surface area contributed by atoms with Crippen LogP contribution in [0.25, 0.3) is 108 Å². The van der Waals surface area contributed by atoms with E-state index in [0.29, 0.717) is 0 Å². The SMILES string of the molecule is O=c1c2ccc(-c3ccc(-n4c5ccccc5c5cc(-c6cccc7c6sc6ccccc67)ccc54)cc3)cc2c2cccc3c4ccccc4n1c23. The molecule has 0 aliphatic carbocycles. The zero-order chi connectivity index (χ0) is 34.8. The predicted molar refractivity (Wildman–Crippen MR) is 225 cm³/mol. The molecular weight excluding hydrogens is 665 g/mol. The maximum Gasteiger partial charge on any atom is 0.263 e. The average Bonchev–Trinajstić information content (AvgIpc) is 3.88. The van der Waals surface area contributed by atoms with Crippen LogP contribution < -0.4 is 5.56 Å². The monoisotopic (exact) mass is 692 g/mol. The van der Waals surface area contributed by atoms with Crippen LogP contribution in [0.1, 0.15) is 0 Å². The molecule has 0 spiro atoms. The Bertz CT molecular complexity index is 3530. The van der Waals surface area contributed by atoms with Gasteiger partial charge in [0.05, 0.1) is 22.1 Å². The maximum atomic E-state index is 14.0. The highest BCUT2D eigenvalue weighted by molar-refractivity contribution is 7.26. The quantitative estimate of drug-likeness (QED) is 0.169. The number of fused-ring (bicyclic) bond motifs is 11. The molecule has 53 heavy (non-hydrogen) atoms. The molecule has 0 bridgehead atoms. The zero-order valence-corrected chi connectivity index (χ0v) is 29.2. The van der Waals surface area contributed by atoms with Gasteiger partial charge in [0.25, 0.3) is 5.56 Å². The lowest BCUT2D eigenvalue weighted by Crippen LogP contribution is -2.12. The van der Waals surface area contributed by atoms with Gasteiger partial charge in [0.15, 0.2) is 0 Å². The summed E-state index contributed by atoms with van der Waals surface area (Å²) >= 11 is 1.87. The van der Waals surface area contributed by atoms with Gasteiger partial charge in [-0.05, 0) is 82.2 Å². The first-order chi connectivity index (χ1) is 26.2. The third-order valence-electron chi connectivity index (χ3n) is 11.3. The summed E-state index contributed by atoms with van der Waals surface area (Å²) < 4.78 is 6.93. The normalized spacial score (nSPS) is 12.2. The van der Waals surface area contributed by atoms with Gasteiger partial charge < -0.3 is 4.57 Å². The average molecular weight is 693 g/mol. The number of nitrogens with zero attached hydrogens (tertiary/aromatic N) is 2. The van der Waals surface area contributed by atoms with Crippen molar-refractivity contribution in [1.82, 2.24) is 8.97 Å². The molecule has 8 aromatic carbocycles. The van der Waals surface area contributed by atoms with E-state index < -0.39 is 0 Å². The maximum absolute atomic E-state index is 14.0. The van der Waals surface area contributed by atoms with E-state index >= 15 is 0 Å². The van der Waals surface area contributed by atoms with Crippen LogP contribution in [0.4, 0.5) is 0 Å². The molecule has 4 heterocycles. The molecule has 0 unspecified atom stereocenters. The minimum Gasteiger partial charge on any atom is -0.309 e. The van der Waals surface area contributed by atoms with Gasteiger partial charge in [-0.2, -0.15) is 0 Å². The van der Waals surface area contributed by atoms with E-state index in [2.05, 4.69) is 150 Å². The Kier molecular flexibility index (Phi) is 5.80. The molecule has 0 N–H and O–H groups in total. The Balaban J connectivity index is 0.991. The van der Waals surface area contributed by atoms with Crippen molar-refractivity contribution in [3.8, 4) is 27.9 Å². The number of aromatic nitrogens is 2. The van der Waals surface area contributed by atoms with E-state index in [1.165, 1.54) is 53.1 Å². The minimum absolute atomic E-state index is 0.0295. The van der Waals surface area contributed by atoms with E-state index in [1.807, 2.05) is 40.0 Å². The molecule has 4 aromatic heterocycles. The summed E-state index contributed by atoms with van der Waals surface area (Å²) in [7, 11) is 0. The molecule has 0 saturated heterocycles. The molecular formula is C49H28N2OS. The molecule has 0 saturated carbocycles. The van der Waals surface area contributed by atoms with Crippen molar-refractivity contribution in [1.29, 1.82) is 0 Å². The Morgan fingerprint density at radius 2 is 1.00 bits per heavy atom. The zero-order valence-electron chi connectivity index (χ0n) is 28.4. The Hall–Kier alpha value is -6.75. The van der Waals surface area contributed by atoms with Crippen LogP contribution in [0.3, 0.4) is 0 Å². The number of thiophene rings is 1. The topological polar surface area (TPSA) is 26.4 Å². The first kappa shape index (κ1) is 28.9. The van der Waals surface area contributed by atoms with Crippen LogP contribution in [0.2, 0.25) is 0 Å². The summed E-state index contributed by atoms with van der Waals surface area (Å²) in [6.45, 7) is 0. The first-order valence-corrected chi connectivity index (χ1v) is 18.8.